The number of halogens is 2. The van der Waals surface area contributed by atoms with Crippen molar-refractivity contribution in [3.05, 3.63) is 93.5 Å². The number of anilines is 2. The highest BCUT2D eigenvalue weighted by molar-refractivity contribution is 7.80. The lowest BCUT2D eigenvalue weighted by Gasteiger charge is -2.22. The van der Waals surface area contributed by atoms with Crippen LogP contribution in [-0.2, 0) is 11.2 Å². The van der Waals surface area contributed by atoms with Crippen molar-refractivity contribution >= 4 is 63.5 Å². The summed E-state index contributed by atoms with van der Waals surface area (Å²) in [6.45, 7) is 2.09. The Labute approximate surface area is 208 Å². The van der Waals surface area contributed by atoms with Gasteiger partial charge in [-0.05, 0) is 60.6 Å². The van der Waals surface area contributed by atoms with Crippen LogP contribution in [0.1, 0.15) is 23.6 Å². The minimum atomic E-state index is -0.957. The third-order valence-corrected chi connectivity index (χ3v) is 6.17. The minimum absolute atomic E-state index is 0.257. The summed E-state index contributed by atoms with van der Waals surface area (Å²) in [4.78, 5) is 19.7. The lowest BCUT2D eigenvalue weighted by Crippen LogP contribution is -2.47. The Bertz CT molecular complexity index is 1260. The maximum Gasteiger partial charge on any atom is 0.272 e. The van der Waals surface area contributed by atoms with Crippen LogP contribution < -0.4 is 15.5 Å². The normalized spacial score (nSPS) is 15.4. The number of hydrogen-bond acceptors (Lipinski definition) is 3. The molecule has 5 nitrogen and oxygen atoms in total. The highest BCUT2D eigenvalue weighted by atomic mass is 35.5. The number of hydrogen-bond donors (Lipinski definition) is 2. The number of nitrogens with zero attached hydrogens (tertiary/aromatic N) is 2. The molecule has 1 unspecified atom stereocenters. The van der Waals surface area contributed by atoms with Gasteiger partial charge in [0.25, 0.3) is 5.91 Å². The Balaban J connectivity index is 1.72. The van der Waals surface area contributed by atoms with E-state index in [4.69, 9.17) is 40.4 Å². The van der Waals surface area contributed by atoms with E-state index in [1.54, 1.807) is 36.2 Å². The summed E-state index contributed by atoms with van der Waals surface area (Å²) in [6.07, 6.45) is -0.0460. The molecular weight excluding hydrogens is 475 g/mol. The number of likely N-dealkylation sites (N-methyl/N-ethyl adjacent to an activating group) is 1. The fourth-order valence-corrected chi connectivity index (χ4v) is 4.30. The van der Waals surface area contributed by atoms with Crippen LogP contribution >= 0.6 is 35.4 Å². The van der Waals surface area contributed by atoms with Crippen LogP contribution in [-0.4, -0.2) is 29.9 Å². The van der Waals surface area contributed by atoms with E-state index in [-0.39, 0.29) is 5.91 Å². The Morgan fingerprint density at radius 2 is 1.85 bits per heavy atom. The molecule has 0 saturated heterocycles. The molecule has 0 radical (unpaired) electrons. The number of aryl methyl sites for hydroxylation is 1. The molecule has 168 valence electrons. The first-order valence-corrected chi connectivity index (χ1v) is 11.6. The van der Waals surface area contributed by atoms with Crippen LogP contribution in [0.2, 0.25) is 10.0 Å². The number of carbonyl (C=O) groups excluding carboxylic acids is 1. The second-order valence-corrected chi connectivity index (χ2v) is 8.82. The summed E-state index contributed by atoms with van der Waals surface area (Å²) in [6, 6.07) is 20.7. The summed E-state index contributed by atoms with van der Waals surface area (Å²) >= 11 is 18.3. The van der Waals surface area contributed by atoms with Crippen molar-refractivity contribution < 1.29 is 4.79 Å². The fraction of sp³-hybridized carbons (Fsp3) is 0.160. The summed E-state index contributed by atoms with van der Waals surface area (Å²) in [7, 11) is 1.70. The zero-order chi connectivity index (χ0) is 23.5. The number of rotatable bonds is 4. The molecular formula is C25H22Cl2N4OS. The van der Waals surface area contributed by atoms with Gasteiger partial charge < -0.3 is 15.5 Å². The molecule has 8 heteroatoms. The van der Waals surface area contributed by atoms with Crippen LogP contribution in [0, 0.1) is 0 Å². The van der Waals surface area contributed by atoms with E-state index in [9.17, 15) is 4.79 Å². The lowest BCUT2D eigenvalue weighted by atomic mass is 10.00. The maximum atomic E-state index is 13.3. The first kappa shape index (κ1) is 23.2. The Morgan fingerprint density at radius 3 is 2.61 bits per heavy atom. The number of carbonyl (C=O) groups is 1. The molecule has 2 N–H and O–H groups in total. The van der Waals surface area contributed by atoms with Crippen molar-refractivity contribution in [1.82, 2.24) is 5.32 Å². The van der Waals surface area contributed by atoms with Crippen LogP contribution in [0.4, 0.5) is 11.4 Å². The van der Waals surface area contributed by atoms with E-state index in [2.05, 4.69) is 17.6 Å². The van der Waals surface area contributed by atoms with Gasteiger partial charge in [0.1, 0.15) is 0 Å². The number of aliphatic imine (C=N–C) groups is 1. The highest BCUT2D eigenvalue weighted by Crippen LogP contribution is 2.31. The van der Waals surface area contributed by atoms with Crippen molar-refractivity contribution in [2.24, 2.45) is 4.99 Å². The van der Waals surface area contributed by atoms with Crippen molar-refractivity contribution in [3.63, 3.8) is 0 Å². The molecule has 0 saturated carbocycles. The highest BCUT2D eigenvalue weighted by Gasteiger charge is 2.31. The van der Waals surface area contributed by atoms with Gasteiger partial charge >= 0.3 is 0 Å². The third kappa shape index (κ3) is 5.03. The predicted octanol–water partition coefficient (Wildman–Crippen LogP) is 5.68. The number of nitrogens with one attached hydrogen (secondary N) is 2. The van der Waals surface area contributed by atoms with Crippen LogP contribution in [0.15, 0.2) is 71.7 Å². The van der Waals surface area contributed by atoms with Crippen LogP contribution in [0.5, 0.6) is 0 Å². The van der Waals surface area contributed by atoms with Crippen molar-refractivity contribution in [2.75, 3.05) is 17.3 Å². The quantitative estimate of drug-likeness (QED) is 0.456. The largest absolute Gasteiger partial charge is 0.333 e. The number of amides is 1. The fourth-order valence-electron chi connectivity index (χ4n) is 3.67. The first-order chi connectivity index (χ1) is 15.9. The second-order valence-electron chi connectivity index (χ2n) is 7.57. The van der Waals surface area contributed by atoms with E-state index in [0.29, 0.717) is 37.7 Å². The van der Waals surface area contributed by atoms with E-state index < -0.39 is 6.17 Å². The van der Waals surface area contributed by atoms with Crippen LogP contribution in [0.25, 0.3) is 0 Å². The summed E-state index contributed by atoms with van der Waals surface area (Å²) in [5, 5.41) is 7.56. The lowest BCUT2D eigenvalue weighted by molar-refractivity contribution is -0.119. The Hall–Kier alpha value is -2.93. The molecule has 3 aromatic carbocycles. The van der Waals surface area contributed by atoms with Crippen molar-refractivity contribution in [2.45, 2.75) is 19.5 Å². The maximum absolute atomic E-state index is 13.3. The summed E-state index contributed by atoms with van der Waals surface area (Å²) in [5.41, 5.74) is 4.68. The van der Waals surface area contributed by atoms with Gasteiger partial charge in [0, 0.05) is 33.9 Å². The van der Waals surface area contributed by atoms with Gasteiger partial charge in [-0.15, -0.1) is 0 Å². The summed E-state index contributed by atoms with van der Waals surface area (Å²) < 4.78 is 0. The van der Waals surface area contributed by atoms with Gasteiger partial charge in [0.2, 0.25) is 6.17 Å². The standard InChI is InChI=1S/C25H22Cl2N4OS/c1-3-15-7-6-8-17(13-15)28-25(33)30-23-24(32)31(2)21-12-11-16(26)14-19(21)22(29-23)18-9-4-5-10-20(18)27/h4-14,23H,3H2,1-2H3,(H2,28,30,33). The van der Waals surface area contributed by atoms with Crippen molar-refractivity contribution in [1.29, 1.82) is 0 Å². The summed E-state index contributed by atoms with van der Waals surface area (Å²) in [5.74, 6) is -0.257. The molecule has 1 amide bonds. The molecule has 0 spiro atoms. The zero-order valence-electron chi connectivity index (χ0n) is 18.1. The number of benzene rings is 3. The third-order valence-electron chi connectivity index (χ3n) is 5.39. The molecule has 1 aliphatic rings. The number of thiocarbonyl (C=S) groups is 1. The van der Waals surface area contributed by atoms with Crippen molar-refractivity contribution in [3.8, 4) is 0 Å². The molecule has 3 aromatic rings. The second kappa shape index (κ2) is 9.91. The smallest absolute Gasteiger partial charge is 0.272 e. The van der Waals surface area contributed by atoms with Gasteiger partial charge in [0.15, 0.2) is 5.11 Å². The molecule has 33 heavy (non-hydrogen) atoms. The van der Waals surface area contributed by atoms with Gasteiger partial charge in [-0.1, -0.05) is 60.5 Å². The number of benzodiazepines with no additional fused rings is 1. The number of fused-ring (bicyclic) bond motifs is 1. The molecule has 0 fully saturated rings. The van der Waals surface area contributed by atoms with Crippen LogP contribution in [0.3, 0.4) is 0 Å². The minimum Gasteiger partial charge on any atom is -0.333 e. The van der Waals surface area contributed by atoms with Gasteiger partial charge in [-0.3, -0.25) is 4.79 Å². The molecule has 0 bridgehead atoms. The zero-order valence-corrected chi connectivity index (χ0v) is 20.4. The van der Waals surface area contributed by atoms with Gasteiger partial charge in [-0.25, -0.2) is 4.99 Å². The molecule has 0 aromatic heterocycles. The average Bonchev–Trinajstić information content (AvgIpc) is 2.90. The van der Waals surface area contributed by atoms with E-state index >= 15 is 0 Å². The predicted molar refractivity (Wildman–Crippen MR) is 141 cm³/mol. The van der Waals surface area contributed by atoms with Gasteiger partial charge in [-0.2, -0.15) is 0 Å². The average molecular weight is 497 g/mol. The van der Waals surface area contributed by atoms with Gasteiger partial charge in [0.05, 0.1) is 11.4 Å². The topological polar surface area (TPSA) is 56.7 Å². The molecule has 4 rings (SSSR count). The Morgan fingerprint density at radius 1 is 1.06 bits per heavy atom. The first-order valence-electron chi connectivity index (χ1n) is 10.4. The Kier molecular flexibility index (Phi) is 6.98. The molecule has 1 aliphatic heterocycles. The molecule has 1 atom stereocenters. The van der Waals surface area contributed by atoms with E-state index in [0.717, 1.165) is 12.1 Å². The van der Waals surface area contributed by atoms with E-state index in [1.165, 1.54) is 5.56 Å². The molecule has 1 heterocycles. The molecule has 0 aliphatic carbocycles. The van der Waals surface area contributed by atoms with E-state index in [1.807, 2.05) is 42.5 Å². The SMILES string of the molecule is CCc1cccc(NC(=S)NC2N=C(c3ccccc3Cl)c3cc(Cl)ccc3N(C)C2=O)c1. The monoisotopic (exact) mass is 496 g/mol.